The molecule has 2 aromatic heterocycles. The molecule has 4 nitrogen and oxygen atoms in total. The third-order valence-electron chi connectivity index (χ3n) is 3.07. The zero-order valence-electron chi connectivity index (χ0n) is 10.5. The predicted octanol–water partition coefficient (Wildman–Crippen LogP) is 2.84. The van der Waals surface area contributed by atoms with Crippen LogP contribution in [0.4, 0.5) is 0 Å². The number of hydrazone groups is 1. The van der Waals surface area contributed by atoms with Crippen molar-refractivity contribution in [1.82, 2.24) is 9.99 Å². The quantitative estimate of drug-likeness (QED) is 0.843. The van der Waals surface area contributed by atoms with E-state index >= 15 is 0 Å². The molecule has 1 aliphatic heterocycles. The number of amides is 1. The molecule has 1 amide bonds. The average molecular weight is 271 g/mol. The molecule has 1 unspecified atom stereocenters. The topological polar surface area (TPSA) is 45.6 Å². The van der Waals surface area contributed by atoms with Gasteiger partial charge in [-0.05, 0) is 23.6 Å². The van der Waals surface area contributed by atoms with E-state index in [4.69, 9.17) is 0 Å². The van der Waals surface area contributed by atoms with Crippen LogP contribution in [0.25, 0.3) is 0 Å². The van der Waals surface area contributed by atoms with Gasteiger partial charge in [-0.1, -0.05) is 12.1 Å². The van der Waals surface area contributed by atoms with Crippen molar-refractivity contribution in [2.45, 2.75) is 19.4 Å². The highest BCUT2D eigenvalue weighted by Gasteiger charge is 2.32. The second kappa shape index (κ2) is 4.93. The van der Waals surface area contributed by atoms with Crippen LogP contribution in [-0.2, 0) is 4.79 Å². The summed E-state index contributed by atoms with van der Waals surface area (Å²) >= 11 is 1.65. The minimum absolute atomic E-state index is 0.00880. The molecule has 19 heavy (non-hydrogen) atoms. The zero-order valence-corrected chi connectivity index (χ0v) is 11.3. The number of pyridine rings is 1. The van der Waals surface area contributed by atoms with Gasteiger partial charge >= 0.3 is 0 Å². The number of nitrogens with zero attached hydrogens (tertiary/aromatic N) is 3. The molecule has 1 atom stereocenters. The third kappa shape index (κ3) is 2.29. The van der Waals surface area contributed by atoms with Crippen molar-refractivity contribution in [2.75, 3.05) is 0 Å². The predicted molar refractivity (Wildman–Crippen MR) is 75.0 cm³/mol. The molecule has 5 heteroatoms. The molecular formula is C14H13N3OS. The van der Waals surface area contributed by atoms with Gasteiger partial charge in [-0.25, -0.2) is 5.01 Å². The van der Waals surface area contributed by atoms with E-state index in [0.29, 0.717) is 0 Å². The first-order chi connectivity index (χ1) is 9.25. The lowest BCUT2D eigenvalue weighted by atomic mass is 10.1. The Bertz CT molecular complexity index is 607. The van der Waals surface area contributed by atoms with Crippen molar-refractivity contribution < 1.29 is 4.79 Å². The zero-order chi connectivity index (χ0) is 13.2. The van der Waals surface area contributed by atoms with Crippen LogP contribution in [0.2, 0.25) is 0 Å². The Morgan fingerprint density at radius 3 is 2.89 bits per heavy atom. The van der Waals surface area contributed by atoms with E-state index in [2.05, 4.69) is 10.1 Å². The fraction of sp³-hybridized carbons (Fsp3) is 0.214. The standard InChI is InChI=1S/C14H13N3OS/c1-10(18)17-13(14-6-4-8-19-14)9-12(16-17)11-5-2-3-7-15-11/h2-8,13H,9H2,1H3. The Hall–Kier alpha value is -2.01. The van der Waals surface area contributed by atoms with E-state index in [1.807, 2.05) is 35.7 Å². The van der Waals surface area contributed by atoms with Crippen LogP contribution >= 0.6 is 11.3 Å². The first kappa shape index (κ1) is 12.0. The van der Waals surface area contributed by atoms with Crippen molar-refractivity contribution in [3.8, 4) is 0 Å². The lowest BCUT2D eigenvalue weighted by Gasteiger charge is -2.18. The van der Waals surface area contributed by atoms with Crippen molar-refractivity contribution in [3.05, 3.63) is 52.5 Å². The largest absolute Gasteiger partial charge is 0.273 e. The number of aromatic nitrogens is 1. The van der Waals surface area contributed by atoms with Crippen LogP contribution in [-0.4, -0.2) is 21.6 Å². The van der Waals surface area contributed by atoms with Crippen LogP contribution in [0.1, 0.15) is 30.0 Å². The highest BCUT2D eigenvalue weighted by atomic mass is 32.1. The highest BCUT2D eigenvalue weighted by molar-refractivity contribution is 7.10. The van der Waals surface area contributed by atoms with Gasteiger partial charge in [-0.2, -0.15) is 5.10 Å². The van der Waals surface area contributed by atoms with Crippen molar-refractivity contribution in [3.63, 3.8) is 0 Å². The molecule has 1 aliphatic rings. The van der Waals surface area contributed by atoms with E-state index < -0.39 is 0 Å². The number of thiophene rings is 1. The molecule has 0 fully saturated rings. The van der Waals surface area contributed by atoms with Gasteiger partial charge in [0, 0.05) is 24.4 Å². The van der Waals surface area contributed by atoms with Crippen molar-refractivity contribution in [2.24, 2.45) is 5.10 Å². The Labute approximate surface area is 115 Å². The molecule has 96 valence electrons. The Morgan fingerprint density at radius 2 is 2.26 bits per heavy atom. The van der Waals surface area contributed by atoms with Gasteiger partial charge in [0.05, 0.1) is 17.4 Å². The molecule has 3 heterocycles. The SMILES string of the molecule is CC(=O)N1N=C(c2ccccn2)CC1c1cccs1. The van der Waals surface area contributed by atoms with Gasteiger partial charge in [0.25, 0.3) is 0 Å². The smallest absolute Gasteiger partial charge is 0.240 e. The molecule has 0 saturated carbocycles. The summed E-state index contributed by atoms with van der Waals surface area (Å²) in [5.74, 6) is -0.0377. The minimum atomic E-state index is -0.0377. The van der Waals surface area contributed by atoms with Crippen LogP contribution in [0.3, 0.4) is 0 Å². The number of hydrogen-bond donors (Lipinski definition) is 0. The molecule has 0 radical (unpaired) electrons. The number of carbonyl (C=O) groups is 1. The summed E-state index contributed by atoms with van der Waals surface area (Å²) in [6, 6.07) is 9.78. The summed E-state index contributed by atoms with van der Waals surface area (Å²) in [5, 5.41) is 8.03. The normalized spacial score (nSPS) is 18.5. The van der Waals surface area contributed by atoms with Gasteiger partial charge in [0.15, 0.2) is 0 Å². The summed E-state index contributed by atoms with van der Waals surface area (Å²) in [7, 11) is 0. The maximum atomic E-state index is 11.7. The Morgan fingerprint density at radius 1 is 1.37 bits per heavy atom. The lowest BCUT2D eigenvalue weighted by Crippen LogP contribution is -2.23. The maximum Gasteiger partial charge on any atom is 0.240 e. The van der Waals surface area contributed by atoms with E-state index in [0.717, 1.165) is 22.7 Å². The fourth-order valence-corrected chi connectivity index (χ4v) is 3.00. The summed E-state index contributed by atoms with van der Waals surface area (Å²) in [6.45, 7) is 1.55. The Kier molecular flexibility index (Phi) is 3.13. The van der Waals surface area contributed by atoms with Crippen molar-refractivity contribution >= 4 is 23.0 Å². The highest BCUT2D eigenvalue weighted by Crippen LogP contribution is 2.34. The van der Waals surface area contributed by atoms with Crippen LogP contribution in [0.5, 0.6) is 0 Å². The monoisotopic (exact) mass is 271 g/mol. The summed E-state index contributed by atoms with van der Waals surface area (Å²) < 4.78 is 0. The first-order valence-electron chi connectivity index (χ1n) is 6.08. The maximum absolute atomic E-state index is 11.7. The molecular weight excluding hydrogens is 258 g/mol. The number of hydrogen-bond acceptors (Lipinski definition) is 4. The Balaban J connectivity index is 1.94. The minimum Gasteiger partial charge on any atom is -0.273 e. The third-order valence-corrected chi connectivity index (χ3v) is 4.04. The lowest BCUT2D eigenvalue weighted by molar-refractivity contribution is -0.130. The van der Waals surface area contributed by atoms with Gasteiger partial charge in [-0.3, -0.25) is 9.78 Å². The second-order valence-corrected chi connectivity index (χ2v) is 5.34. The summed E-state index contributed by atoms with van der Waals surface area (Å²) in [6.07, 6.45) is 2.46. The van der Waals surface area contributed by atoms with Gasteiger partial charge < -0.3 is 0 Å². The fourth-order valence-electron chi connectivity index (χ4n) is 2.19. The van der Waals surface area contributed by atoms with Crippen molar-refractivity contribution in [1.29, 1.82) is 0 Å². The molecule has 0 N–H and O–H groups in total. The molecule has 0 aliphatic carbocycles. The molecule has 0 spiro atoms. The average Bonchev–Trinajstić information content (AvgIpc) is 3.08. The molecule has 2 aromatic rings. The number of rotatable bonds is 2. The molecule has 0 saturated heterocycles. The molecule has 0 aromatic carbocycles. The van der Waals surface area contributed by atoms with Gasteiger partial charge in [0.2, 0.25) is 5.91 Å². The van der Waals surface area contributed by atoms with Gasteiger partial charge in [-0.15, -0.1) is 11.3 Å². The van der Waals surface area contributed by atoms with Gasteiger partial charge in [0.1, 0.15) is 0 Å². The van der Waals surface area contributed by atoms with E-state index in [-0.39, 0.29) is 11.9 Å². The van der Waals surface area contributed by atoms with E-state index in [1.165, 1.54) is 0 Å². The summed E-state index contributed by atoms with van der Waals surface area (Å²) in [4.78, 5) is 17.2. The van der Waals surface area contributed by atoms with Crippen LogP contribution in [0, 0.1) is 0 Å². The molecule has 3 rings (SSSR count). The van der Waals surface area contributed by atoms with E-state index in [9.17, 15) is 4.79 Å². The number of carbonyl (C=O) groups excluding carboxylic acids is 1. The first-order valence-corrected chi connectivity index (χ1v) is 6.96. The van der Waals surface area contributed by atoms with Crippen LogP contribution < -0.4 is 0 Å². The second-order valence-electron chi connectivity index (χ2n) is 4.36. The summed E-state index contributed by atoms with van der Waals surface area (Å²) in [5.41, 5.74) is 1.71. The van der Waals surface area contributed by atoms with Crippen LogP contribution in [0.15, 0.2) is 47.0 Å². The molecule has 0 bridgehead atoms. The van der Waals surface area contributed by atoms with E-state index in [1.54, 1.807) is 29.5 Å².